The molecule has 0 N–H and O–H groups in total. The Hall–Kier alpha value is -5.71. The van der Waals surface area contributed by atoms with Crippen LogP contribution in [0.3, 0.4) is 0 Å². The molecule has 0 saturated heterocycles. The first-order valence-corrected chi connectivity index (χ1v) is 23.4. The molecule has 1 aliphatic heterocycles. The average molecular weight is 1070 g/mol. The zero-order chi connectivity index (χ0) is 47.0. The molecule has 0 fully saturated rings. The summed E-state index contributed by atoms with van der Waals surface area (Å²) >= 11 is 0. The van der Waals surface area contributed by atoms with Gasteiger partial charge >= 0.3 is 0 Å². The van der Waals surface area contributed by atoms with Gasteiger partial charge in [0.25, 0.3) is 0 Å². The van der Waals surface area contributed by atoms with Crippen molar-refractivity contribution in [1.29, 1.82) is 0 Å². The van der Waals surface area contributed by atoms with Crippen molar-refractivity contribution >= 4 is 44.6 Å². The number of rotatable bonds is 8. The summed E-state index contributed by atoms with van der Waals surface area (Å²) in [5, 5.41) is 2.22. The molecule has 5 nitrogen and oxygen atoms in total. The summed E-state index contributed by atoms with van der Waals surface area (Å²) in [7, 11) is 0. The Morgan fingerprint density at radius 3 is 1.87 bits per heavy atom. The largest absolute Gasteiger partial charge is 0.509 e. The van der Waals surface area contributed by atoms with E-state index in [1.54, 1.807) is 12.1 Å². The van der Waals surface area contributed by atoms with E-state index < -0.39 is 0 Å². The average Bonchev–Trinajstić information content (AvgIpc) is 3.80. The number of hydrogen-bond acceptors (Lipinski definition) is 4. The Morgan fingerprint density at radius 2 is 1.22 bits per heavy atom. The molecule has 8 aromatic rings. The Kier molecular flexibility index (Phi) is 12.7. The molecule has 0 amide bonds. The van der Waals surface area contributed by atoms with Gasteiger partial charge in [0.05, 0.1) is 0 Å². The maximum Gasteiger partial charge on any atom is 0.135 e. The van der Waals surface area contributed by atoms with Gasteiger partial charge in [0.1, 0.15) is 11.6 Å². The molecule has 3 heterocycles. The van der Waals surface area contributed by atoms with Crippen molar-refractivity contribution in [2.75, 3.05) is 9.80 Å². The molecule has 0 bridgehead atoms. The molecule has 2 aromatic heterocycles. The molecule has 0 radical (unpaired) electrons. The molecule has 1 aliphatic rings. The van der Waals surface area contributed by atoms with Gasteiger partial charge in [0.15, 0.2) is 0 Å². The van der Waals surface area contributed by atoms with Crippen molar-refractivity contribution in [2.24, 2.45) is 0 Å². The van der Waals surface area contributed by atoms with Crippen molar-refractivity contribution in [3.8, 4) is 28.4 Å². The number of benzene rings is 6. The Bertz CT molecular complexity index is 3100. The third kappa shape index (κ3) is 9.19. The summed E-state index contributed by atoms with van der Waals surface area (Å²) in [6, 6.07) is 47.0. The second-order valence-corrected chi connectivity index (χ2v) is 21.7. The van der Waals surface area contributed by atoms with Crippen LogP contribution >= 0.6 is 0 Å². The predicted octanol–water partition coefficient (Wildman–Crippen LogP) is 16.9. The minimum Gasteiger partial charge on any atom is -0.509 e. The minimum atomic E-state index is -0.235. The zero-order valence-corrected chi connectivity index (χ0v) is 43.4. The summed E-state index contributed by atoms with van der Waals surface area (Å²) in [6.07, 6.45) is 1.90. The summed E-state index contributed by atoms with van der Waals surface area (Å²) in [4.78, 5) is 9.55. The number of para-hydroxylation sites is 1. The zero-order valence-electron chi connectivity index (χ0n) is 41.2. The predicted molar refractivity (Wildman–Crippen MR) is 274 cm³/mol. The van der Waals surface area contributed by atoms with E-state index in [2.05, 4.69) is 208 Å². The summed E-state index contributed by atoms with van der Waals surface area (Å²) in [6.45, 7) is 31.5. The van der Waals surface area contributed by atoms with Gasteiger partial charge < -0.3 is 19.1 Å². The first kappa shape index (κ1) is 47.8. The van der Waals surface area contributed by atoms with E-state index in [1.807, 2.05) is 24.4 Å². The van der Waals surface area contributed by atoms with Crippen molar-refractivity contribution in [3.05, 3.63) is 174 Å². The molecule has 0 spiro atoms. The maximum absolute atomic E-state index is 14.1. The summed E-state index contributed by atoms with van der Waals surface area (Å²) < 4.78 is 23.2. The van der Waals surface area contributed by atoms with Gasteiger partial charge in [-0.3, -0.25) is 0 Å². The number of pyridine rings is 1. The van der Waals surface area contributed by atoms with Crippen LogP contribution in [0.5, 0.6) is 11.5 Å². The smallest absolute Gasteiger partial charge is 0.135 e. The fourth-order valence-corrected chi connectivity index (χ4v) is 9.09. The van der Waals surface area contributed by atoms with E-state index in [1.165, 1.54) is 27.9 Å². The first-order chi connectivity index (χ1) is 31.2. The summed E-state index contributed by atoms with van der Waals surface area (Å²) in [5.74, 6) is 2.22. The molecule has 0 aliphatic carbocycles. The van der Waals surface area contributed by atoms with E-state index in [-0.39, 0.29) is 55.0 Å². The monoisotopic (exact) mass is 1070 g/mol. The minimum absolute atomic E-state index is 0. The molecule has 9 rings (SSSR count). The number of ether oxygens (including phenoxy) is 1. The number of hydrogen-bond donors (Lipinski definition) is 0. The van der Waals surface area contributed by atoms with E-state index in [0.29, 0.717) is 11.5 Å². The van der Waals surface area contributed by atoms with E-state index in [4.69, 9.17) is 9.72 Å². The molecule has 7 heteroatoms. The first-order valence-electron chi connectivity index (χ1n) is 23.4. The van der Waals surface area contributed by atoms with Gasteiger partial charge in [0.2, 0.25) is 0 Å². The van der Waals surface area contributed by atoms with Gasteiger partial charge in [-0.1, -0.05) is 132 Å². The van der Waals surface area contributed by atoms with Gasteiger partial charge in [-0.05, 0) is 121 Å². The quantitative estimate of drug-likeness (QED) is 0.142. The number of fused-ring (bicyclic) bond motifs is 4. The van der Waals surface area contributed by atoms with Crippen molar-refractivity contribution in [2.45, 2.75) is 118 Å². The SMILES string of the molecule is CC(C)c1cc(-c2ccc(F)cc2)cc(C(C)C)c1N1[CH-]N(c2[c-]c(Oc3[c-]c4c(cc3)c3ccccc3n4-c3cc(C(C)(C)C)ccn3)cc(C(C)(C)C)c2)c2ccc(C(C)(C)C)cc21.[Pt]. The molecule has 348 valence electrons. The fraction of sp³-hybridized carbons (Fsp3) is 0.300. The number of halogens is 1. The van der Waals surface area contributed by atoms with Crippen LogP contribution in [0.1, 0.15) is 130 Å². The van der Waals surface area contributed by atoms with Gasteiger partial charge in [-0.15, -0.1) is 53.6 Å². The second kappa shape index (κ2) is 17.7. The molecule has 0 saturated carbocycles. The van der Waals surface area contributed by atoms with Crippen LogP contribution in [0.4, 0.5) is 27.1 Å². The van der Waals surface area contributed by atoms with Crippen LogP contribution in [0.2, 0.25) is 0 Å². The standard InChI is InChI=1S/C60H62FN4O.Pt/c1-37(2)50-28-40(39-18-21-44(61)22-19-39)29-51(38(3)4)57(50)64-36-63(53-25-20-41(32-55(53)64)58(5,6)7)45-30-43(60(11,12)13)31-47(34-45)66-46-23-24-49-48-16-14-15-17-52(48)65(54(49)35-46)56-33-42(26-27-62-56)59(8,9)10;/h14-33,36-38H,1-13H3;/q-3;. The van der Waals surface area contributed by atoms with Crippen LogP contribution in [-0.4, -0.2) is 9.55 Å². The van der Waals surface area contributed by atoms with E-state index >= 15 is 0 Å². The van der Waals surface area contributed by atoms with Crippen LogP contribution in [0.25, 0.3) is 38.8 Å². The molecule has 0 unspecified atom stereocenters. The van der Waals surface area contributed by atoms with Crippen LogP contribution in [0, 0.1) is 24.6 Å². The number of anilines is 4. The van der Waals surface area contributed by atoms with Gasteiger partial charge in [0, 0.05) is 61.3 Å². The van der Waals surface area contributed by atoms with Crippen molar-refractivity contribution in [1.82, 2.24) is 9.55 Å². The molecular weight excluding hydrogens is 1010 g/mol. The van der Waals surface area contributed by atoms with Gasteiger partial charge in [-0.2, -0.15) is 6.07 Å². The Morgan fingerprint density at radius 1 is 0.582 bits per heavy atom. The van der Waals surface area contributed by atoms with Crippen LogP contribution < -0.4 is 14.5 Å². The Balaban J connectivity index is 0.00000608. The van der Waals surface area contributed by atoms with E-state index in [9.17, 15) is 4.39 Å². The van der Waals surface area contributed by atoms with Crippen LogP contribution in [0.15, 0.2) is 121 Å². The molecule has 6 aromatic carbocycles. The maximum atomic E-state index is 14.1. The fourth-order valence-electron chi connectivity index (χ4n) is 9.09. The van der Waals surface area contributed by atoms with Crippen molar-refractivity contribution < 1.29 is 30.2 Å². The van der Waals surface area contributed by atoms with Crippen molar-refractivity contribution in [3.63, 3.8) is 0 Å². The topological polar surface area (TPSA) is 33.5 Å². The normalized spacial score (nSPS) is 13.3. The third-order valence-electron chi connectivity index (χ3n) is 13.0. The second-order valence-electron chi connectivity index (χ2n) is 21.7. The molecule has 0 atom stereocenters. The number of nitrogens with zero attached hydrogens (tertiary/aromatic N) is 4. The molecule has 67 heavy (non-hydrogen) atoms. The third-order valence-corrected chi connectivity index (χ3v) is 13.0. The number of aromatic nitrogens is 2. The van der Waals surface area contributed by atoms with Gasteiger partial charge in [-0.25, -0.2) is 9.37 Å². The summed E-state index contributed by atoms with van der Waals surface area (Å²) in [5.41, 5.74) is 14.0. The Labute approximate surface area is 412 Å². The van der Waals surface area contributed by atoms with E-state index in [0.717, 1.165) is 61.4 Å². The molecular formula is C60H62FN4OPt-3. The van der Waals surface area contributed by atoms with Crippen LogP contribution in [-0.2, 0) is 37.3 Å².